The van der Waals surface area contributed by atoms with Crippen molar-refractivity contribution in [2.75, 3.05) is 7.11 Å². The lowest BCUT2D eigenvalue weighted by atomic mass is 10.2. The normalized spacial score (nSPS) is 11.2. The van der Waals surface area contributed by atoms with Crippen molar-refractivity contribution >= 4 is 45.5 Å². The lowest BCUT2D eigenvalue weighted by Crippen LogP contribution is -2.02. The molecule has 34 heavy (non-hydrogen) atoms. The van der Waals surface area contributed by atoms with Crippen LogP contribution in [0, 0.1) is 6.92 Å². The van der Waals surface area contributed by atoms with E-state index in [9.17, 15) is 0 Å². The molecule has 0 saturated carbocycles. The van der Waals surface area contributed by atoms with Gasteiger partial charge in [-0.2, -0.15) is 9.78 Å². The predicted octanol–water partition coefficient (Wildman–Crippen LogP) is 6.76. The van der Waals surface area contributed by atoms with Crippen LogP contribution in [0.25, 0.3) is 0 Å². The Bertz CT molecular complexity index is 1290. The zero-order chi connectivity index (χ0) is 23.9. The standard InChI is InChI=1S/C25H22BrClN4O2S/c1-17-29-30-25(34-16-18-10-12-21(26)13-11-18)31(17)28-14-19-7-5-9-23(32-2)24(19)33-15-20-6-3-4-8-22(20)27/h3-14H,15-16H2,1-2H3/b28-14+. The van der Waals surface area contributed by atoms with Gasteiger partial charge in [-0.1, -0.05) is 75.7 Å². The SMILES string of the molecule is COc1cccc(/C=N/n2c(C)nnc2SCc2ccc(Br)cc2)c1OCc1ccccc1Cl. The summed E-state index contributed by atoms with van der Waals surface area (Å²) in [7, 11) is 1.61. The molecule has 4 aromatic rings. The van der Waals surface area contributed by atoms with E-state index in [2.05, 4.69) is 43.4 Å². The van der Waals surface area contributed by atoms with Crippen LogP contribution in [0.2, 0.25) is 5.02 Å². The van der Waals surface area contributed by atoms with E-state index in [4.69, 9.17) is 21.1 Å². The highest BCUT2D eigenvalue weighted by molar-refractivity contribution is 9.10. The molecule has 0 aliphatic rings. The minimum atomic E-state index is 0.306. The van der Waals surface area contributed by atoms with E-state index in [-0.39, 0.29) is 0 Å². The van der Waals surface area contributed by atoms with Crippen LogP contribution < -0.4 is 9.47 Å². The van der Waals surface area contributed by atoms with Crippen LogP contribution >= 0.6 is 39.3 Å². The lowest BCUT2D eigenvalue weighted by Gasteiger charge is -2.14. The number of hydrogen-bond donors (Lipinski definition) is 0. The van der Waals surface area contributed by atoms with Gasteiger partial charge in [0.05, 0.1) is 13.3 Å². The summed E-state index contributed by atoms with van der Waals surface area (Å²) in [5, 5.41) is 14.5. The Labute approximate surface area is 216 Å². The van der Waals surface area contributed by atoms with Gasteiger partial charge >= 0.3 is 0 Å². The summed E-state index contributed by atoms with van der Waals surface area (Å²) in [5.74, 6) is 2.65. The number of aryl methyl sites for hydroxylation is 1. The summed E-state index contributed by atoms with van der Waals surface area (Å²) in [5.41, 5.74) is 2.84. The second kappa shape index (κ2) is 11.6. The molecule has 0 atom stereocenters. The smallest absolute Gasteiger partial charge is 0.212 e. The molecule has 4 rings (SSSR count). The van der Waals surface area contributed by atoms with E-state index < -0.39 is 0 Å². The molecular weight excluding hydrogens is 536 g/mol. The summed E-state index contributed by atoms with van der Waals surface area (Å²) in [4.78, 5) is 0. The molecule has 0 bridgehead atoms. The molecule has 0 radical (unpaired) electrons. The molecule has 0 saturated heterocycles. The van der Waals surface area contributed by atoms with Crippen LogP contribution in [0.3, 0.4) is 0 Å². The van der Waals surface area contributed by atoms with Gasteiger partial charge in [-0.15, -0.1) is 10.2 Å². The molecule has 0 aliphatic heterocycles. The molecular formula is C25H22BrClN4O2S. The third-order valence-electron chi connectivity index (χ3n) is 4.92. The number of benzene rings is 3. The Morgan fingerprint density at radius 3 is 2.62 bits per heavy atom. The molecule has 0 unspecified atom stereocenters. The number of hydrogen-bond acceptors (Lipinski definition) is 6. The topological polar surface area (TPSA) is 61.5 Å². The molecule has 0 amide bonds. The first-order chi connectivity index (χ1) is 16.5. The largest absolute Gasteiger partial charge is 0.493 e. The number of thioether (sulfide) groups is 1. The second-order valence-electron chi connectivity index (χ2n) is 7.26. The van der Waals surface area contributed by atoms with Crippen LogP contribution in [0.4, 0.5) is 0 Å². The highest BCUT2D eigenvalue weighted by Crippen LogP contribution is 2.32. The van der Waals surface area contributed by atoms with Gasteiger partial charge in [0, 0.05) is 26.4 Å². The molecule has 1 heterocycles. The highest BCUT2D eigenvalue weighted by atomic mass is 79.9. The van der Waals surface area contributed by atoms with Crippen molar-refractivity contribution in [2.45, 2.75) is 24.4 Å². The van der Waals surface area contributed by atoms with Crippen molar-refractivity contribution in [1.29, 1.82) is 0 Å². The summed E-state index contributed by atoms with van der Waals surface area (Å²) >= 11 is 11.3. The number of ether oxygens (including phenoxy) is 2. The van der Waals surface area contributed by atoms with Crippen molar-refractivity contribution in [1.82, 2.24) is 14.9 Å². The Morgan fingerprint density at radius 1 is 1.06 bits per heavy atom. The van der Waals surface area contributed by atoms with Crippen molar-refractivity contribution in [3.8, 4) is 11.5 Å². The molecule has 174 valence electrons. The summed E-state index contributed by atoms with van der Waals surface area (Å²) in [6.45, 7) is 2.18. The maximum atomic E-state index is 6.29. The van der Waals surface area contributed by atoms with Gasteiger partial charge in [-0.05, 0) is 42.8 Å². The van der Waals surface area contributed by atoms with Crippen molar-refractivity contribution in [3.05, 3.63) is 98.7 Å². The van der Waals surface area contributed by atoms with E-state index in [1.807, 2.05) is 61.5 Å². The van der Waals surface area contributed by atoms with Crippen LogP contribution in [0.15, 0.2) is 81.5 Å². The summed E-state index contributed by atoms with van der Waals surface area (Å²) in [6.07, 6.45) is 1.73. The molecule has 0 aliphatic carbocycles. The molecule has 1 aromatic heterocycles. The van der Waals surface area contributed by atoms with Crippen LogP contribution in [-0.4, -0.2) is 28.2 Å². The third-order valence-corrected chi connectivity index (χ3v) is 6.81. The van der Waals surface area contributed by atoms with Crippen LogP contribution in [0.5, 0.6) is 11.5 Å². The van der Waals surface area contributed by atoms with Gasteiger partial charge in [0.1, 0.15) is 6.61 Å². The average Bonchev–Trinajstić information content (AvgIpc) is 3.21. The van der Waals surface area contributed by atoms with E-state index in [1.54, 1.807) is 29.8 Å². The molecule has 0 spiro atoms. The Kier molecular flexibility index (Phi) is 8.26. The number of nitrogens with zero attached hydrogens (tertiary/aromatic N) is 4. The first kappa shape index (κ1) is 24.3. The fourth-order valence-electron chi connectivity index (χ4n) is 3.12. The monoisotopic (exact) mass is 556 g/mol. The van der Waals surface area contributed by atoms with Gasteiger partial charge in [-0.25, -0.2) is 0 Å². The molecule has 0 fully saturated rings. The Hall–Kier alpha value is -2.81. The zero-order valence-electron chi connectivity index (χ0n) is 18.6. The second-order valence-corrected chi connectivity index (χ2v) is 9.53. The molecule has 6 nitrogen and oxygen atoms in total. The fourth-order valence-corrected chi connectivity index (χ4v) is 4.47. The highest BCUT2D eigenvalue weighted by Gasteiger charge is 2.13. The number of aromatic nitrogens is 3. The number of rotatable bonds is 9. The van der Waals surface area contributed by atoms with E-state index in [0.717, 1.165) is 21.4 Å². The van der Waals surface area contributed by atoms with Gasteiger partial charge in [0.25, 0.3) is 0 Å². The Morgan fingerprint density at radius 2 is 1.85 bits per heavy atom. The van der Waals surface area contributed by atoms with Crippen molar-refractivity contribution < 1.29 is 9.47 Å². The third kappa shape index (κ3) is 6.00. The van der Waals surface area contributed by atoms with Crippen molar-refractivity contribution in [3.63, 3.8) is 0 Å². The average molecular weight is 558 g/mol. The quantitative estimate of drug-likeness (QED) is 0.168. The summed E-state index contributed by atoms with van der Waals surface area (Å²) < 4.78 is 14.4. The number of halogens is 2. The molecule has 0 N–H and O–H groups in total. The fraction of sp³-hybridized carbons (Fsp3) is 0.160. The first-order valence-electron chi connectivity index (χ1n) is 10.4. The van der Waals surface area contributed by atoms with E-state index in [1.165, 1.54) is 5.56 Å². The van der Waals surface area contributed by atoms with E-state index in [0.29, 0.717) is 34.1 Å². The van der Waals surface area contributed by atoms with Crippen LogP contribution in [0.1, 0.15) is 22.5 Å². The van der Waals surface area contributed by atoms with Crippen molar-refractivity contribution in [2.24, 2.45) is 5.10 Å². The minimum absolute atomic E-state index is 0.306. The maximum Gasteiger partial charge on any atom is 0.212 e. The summed E-state index contributed by atoms with van der Waals surface area (Å²) in [6, 6.07) is 21.5. The number of methoxy groups -OCH3 is 1. The van der Waals surface area contributed by atoms with E-state index >= 15 is 0 Å². The predicted molar refractivity (Wildman–Crippen MR) is 140 cm³/mol. The lowest BCUT2D eigenvalue weighted by molar-refractivity contribution is 0.284. The maximum absolute atomic E-state index is 6.29. The van der Waals surface area contributed by atoms with Crippen LogP contribution in [-0.2, 0) is 12.4 Å². The molecule has 3 aromatic carbocycles. The van der Waals surface area contributed by atoms with Gasteiger partial charge in [-0.3, -0.25) is 0 Å². The van der Waals surface area contributed by atoms with Gasteiger partial charge < -0.3 is 9.47 Å². The zero-order valence-corrected chi connectivity index (χ0v) is 21.8. The minimum Gasteiger partial charge on any atom is -0.493 e. The molecule has 9 heteroatoms. The number of para-hydroxylation sites is 1. The van der Waals surface area contributed by atoms with Gasteiger partial charge in [0.2, 0.25) is 5.16 Å². The first-order valence-corrected chi connectivity index (χ1v) is 12.6. The Balaban J connectivity index is 1.55. The van der Waals surface area contributed by atoms with Gasteiger partial charge in [0.15, 0.2) is 17.3 Å².